The first kappa shape index (κ1) is 17.6. The number of benzene rings is 3. The number of carbonyl (C=O) groups is 1. The van der Waals surface area contributed by atoms with Crippen LogP contribution in [0.15, 0.2) is 77.6 Å². The van der Waals surface area contributed by atoms with Gasteiger partial charge in [-0.2, -0.15) is 0 Å². The summed E-state index contributed by atoms with van der Waals surface area (Å²) in [6.45, 7) is 0. The topological polar surface area (TPSA) is 42.3 Å². The van der Waals surface area contributed by atoms with Crippen molar-refractivity contribution in [2.75, 3.05) is 11.9 Å². The van der Waals surface area contributed by atoms with Gasteiger partial charge in [-0.3, -0.25) is 9.59 Å². The second kappa shape index (κ2) is 6.57. The van der Waals surface area contributed by atoms with E-state index in [0.29, 0.717) is 5.56 Å². The maximum atomic E-state index is 13.0. The molecule has 0 aliphatic heterocycles. The van der Waals surface area contributed by atoms with E-state index in [4.69, 9.17) is 0 Å². The monoisotopic (exact) mass is 398 g/mol. The van der Waals surface area contributed by atoms with E-state index in [9.17, 15) is 9.59 Å². The van der Waals surface area contributed by atoms with Crippen molar-refractivity contribution < 1.29 is 4.79 Å². The summed E-state index contributed by atoms with van der Waals surface area (Å²) < 4.78 is 3.37. The molecule has 0 spiro atoms. The number of aryl methyl sites for hydroxylation is 1. The van der Waals surface area contributed by atoms with Crippen LogP contribution in [0.1, 0.15) is 10.4 Å². The number of hydrogen-bond donors (Lipinski definition) is 0. The molecule has 1 amide bonds. The van der Waals surface area contributed by atoms with E-state index >= 15 is 0 Å². The molecule has 2 aromatic heterocycles. The fraction of sp³-hybridized carbons (Fsp3) is 0.0833. The van der Waals surface area contributed by atoms with Gasteiger partial charge < -0.3 is 9.47 Å². The molecule has 0 saturated carbocycles. The minimum absolute atomic E-state index is 0.00539. The van der Waals surface area contributed by atoms with Crippen LogP contribution < -0.4 is 10.5 Å². The molecule has 0 bridgehead atoms. The molecule has 0 aliphatic carbocycles. The molecule has 142 valence electrons. The van der Waals surface area contributed by atoms with Crippen LogP contribution in [0.25, 0.3) is 31.1 Å². The molecular weight excluding hydrogens is 380 g/mol. The number of para-hydroxylation sites is 2. The zero-order valence-corrected chi connectivity index (χ0v) is 16.9. The van der Waals surface area contributed by atoms with Crippen LogP contribution in [0.3, 0.4) is 0 Å². The number of aromatic nitrogens is 1. The lowest BCUT2D eigenvalue weighted by Crippen LogP contribution is -2.25. The van der Waals surface area contributed by atoms with E-state index < -0.39 is 0 Å². The summed E-state index contributed by atoms with van der Waals surface area (Å²) in [5.41, 5.74) is 2.35. The number of rotatable bonds is 2. The zero-order chi connectivity index (χ0) is 20.1. The first-order valence-electron chi connectivity index (χ1n) is 9.33. The van der Waals surface area contributed by atoms with Crippen molar-refractivity contribution >= 4 is 54.0 Å². The van der Waals surface area contributed by atoms with Gasteiger partial charge in [0, 0.05) is 46.2 Å². The molecule has 0 unspecified atom stereocenters. The Kier molecular flexibility index (Phi) is 4.00. The quantitative estimate of drug-likeness (QED) is 0.411. The van der Waals surface area contributed by atoms with Crippen molar-refractivity contribution in [3.8, 4) is 0 Å². The number of nitrogens with zero attached hydrogens (tertiary/aromatic N) is 2. The maximum absolute atomic E-state index is 13.0. The SMILES string of the molecule is CN(C(=O)c1ccc2c(c1)sc1c(=O)n(C)c3ccccc3c12)c1ccccc1. The van der Waals surface area contributed by atoms with Crippen molar-refractivity contribution in [2.24, 2.45) is 7.05 Å². The highest BCUT2D eigenvalue weighted by atomic mass is 32.1. The summed E-state index contributed by atoms with van der Waals surface area (Å²) >= 11 is 1.45. The van der Waals surface area contributed by atoms with Crippen LogP contribution in [-0.4, -0.2) is 17.5 Å². The Morgan fingerprint density at radius 3 is 2.45 bits per heavy atom. The van der Waals surface area contributed by atoms with Crippen LogP contribution >= 0.6 is 11.3 Å². The predicted octanol–water partition coefficient (Wildman–Crippen LogP) is 5.18. The van der Waals surface area contributed by atoms with E-state index in [1.54, 1.807) is 23.6 Å². The highest BCUT2D eigenvalue weighted by Gasteiger charge is 2.18. The molecule has 29 heavy (non-hydrogen) atoms. The number of hydrogen-bond acceptors (Lipinski definition) is 3. The van der Waals surface area contributed by atoms with Gasteiger partial charge in [0.1, 0.15) is 4.70 Å². The van der Waals surface area contributed by atoms with Gasteiger partial charge in [0.25, 0.3) is 11.5 Å². The molecule has 0 atom stereocenters. The van der Waals surface area contributed by atoms with Crippen LogP contribution in [0.2, 0.25) is 0 Å². The van der Waals surface area contributed by atoms with Crippen LogP contribution in [0.5, 0.6) is 0 Å². The summed E-state index contributed by atoms with van der Waals surface area (Å²) in [6.07, 6.45) is 0. The Morgan fingerprint density at radius 1 is 0.931 bits per heavy atom. The van der Waals surface area contributed by atoms with Gasteiger partial charge in [-0.05, 0) is 30.3 Å². The van der Waals surface area contributed by atoms with Gasteiger partial charge in [-0.25, -0.2) is 0 Å². The number of amides is 1. The molecule has 5 aromatic rings. The number of pyridine rings is 1. The van der Waals surface area contributed by atoms with Gasteiger partial charge in [-0.1, -0.05) is 42.5 Å². The molecular formula is C24H18N2O2S. The Morgan fingerprint density at radius 2 is 1.66 bits per heavy atom. The third-order valence-electron chi connectivity index (χ3n) is 5.42. The van der Waals surface area contributed by atoms with E-state index in [1.165, 1.54) is 11.3 Å². The first-order valence-corrected chi connectivity index (χ1v) is 10.1. The summed E-state index contributed by atoms with van der Waals surface area (Å²) in [4.78, 5) is 27.6. The summed E-state index contributed by atoms with van der Waals surface area (Å²) in [5, 5.41) is 3.04. The Bertz CT molecular complexity index is 1470. The highest BCUT2D eigenvalue weighted by molar-refractivity contribution is 7.26. The molecule has 3 aromatic carbocycles. The first-order chi connectivity index (χ1) is 14.1. The third-order valence-corrected chi connectivity index (χ3v) is 6.56. The van der Waals surface area contributed by atoms with Crippen LogP contribution in [0, 0.1) is 0 Å². The van der Waals surface area contributed by atoms with E-state index in [1.807, 2.05) is 72.8 Å². The summed E-state index contributed by atoms with van der Waals surface area (Å²) in [5.74, 6) is -0.0756. The van der Waals surface area contributed by atoms with Crippen LogP contribution in [-0.2, 0) is 7.05 Å². The van der Waals surface area contributed by atoms with Crippen molar-refractivity contribution in [3.05, 3.63) is 88.7 Å². The van der Waals surface area contributed by atoms with Gasteiger partial charge in [-0.15, -0.1) is 11.3 Å². The Hall–Kier alpha value is -3.44. The summed E-state index contributed by atoms with van der Waals surface area (Å²) in [7, 11) is 3.58. The molecule has 5 rings (SSSR count). The van der Waals surface area contributed by atoms with Gasteiger partial charge in [0.2, 0.25) is 0 Å². The molecule has 0 radical (unpaired) electrons. The van der Waals surface area contributed by atoms with E-state index in [0.717, 1.165) is 36.8 Å². The Balaban J connectivity index is 1.72. The molecule has 4 nitrogen and oxygen atoms in total. The van der Waals surface area contributed by atoms with Gasteiger partial charge >= 0.3 is 0 Å². The predicted molar refractivity (Wildman–Crippen MR) is 121 cm³/mol. The molecule has 0 fully saturated rings. The van der Waals surface area contributed by atoms with Crippen molar-refractivity contribution in [1.29, 1.82) is 0 Å². The molecule has 2 heterocycles. The average molecular weight is 398 g/mol. The summed E-state index contributed by atoms with van der Waals surface area (Å²) in [6, 6.07) is 23.2. The molecule has 0 N–H and O–H groups in total. The number of fused-ring (bicyclic) bond motifs is 5. The minimum Gasteiger partial charge on any atom is -0.311 e. The second-order valence-electron chi connectivity index (χ2n) is 7.10. The van der Waals surface area contributed by atoms with Crippen LogP contribution in [0.4, 0.5) is 5.69 Å². The standard InChI is InChI=1S/C24H18N2O2S/c1-25(16-8-4-3-5-9-16)23(27)15-12-13-18-20(14-15)29-22-21(18)17-10-6-7-11-19(17)26(2)24(22)28/h3-14H,1-2H3. The van der Waals surface area contributed by atoms with E-state index in [-0.39, 0.29) is 11.5 Å². The third kappa shape index (κ3) is 2.66. The van der Waals surface area contributed by atoms with E-state index in [2.05, 4.69) is 0 Å². The largest absolute Gasteiger partial charge is 0.311 e. The van der Waals surface area contributed by atoms with Crippen molar-refractivity contribution in [2.45, 2.75) is 0 Å². The second-order valence-corrected chi connectivity index (χ2v) is 8.15. The Labute approximate surface area is 171 Å². The fourth-order valence-corrected chi connectivity index (χ4v) is 5.08. The molecule has 0 saturated heterocycles. The zero-order valence-electron chi connectivity index (χ0n) is 16.0. The average Bonchev–Trinajstić information content (AvgIpc) is 3.16. The highest BCUT2D eigenvalue weighted by Crippen LogP contribution is 2.37. The lowest BCUT2D eigenvalue weighted by molar-refractivity contribution is 0.0993. The smallest absolute Gasteiger partial charge is 0.268 e. The fourth-order valence-electron chi connectivity index (χ4n) is 3.85. The minimum atomic E-state index is -0.0756. The van der Waals surface area contributed by atoms with Gasteiger partial charge in [0.05, 0.1) is 5.52 Å². The molecule has 0 aliphatic rings. The molecule has 5 heteroatoms. The lowest BCUT2D eigenvalue weighted by Gasteiger charge is -2.17. The number of carbonyl (C=O) groups excluding carboxylic acids is 1. The van der Waals surface area contributed by atoms with Crippen molar-refractivity contribution in [3.63, 3.8) is 0 Å². The number of thiophene rings is 1. The maximum Gasteiger partial charge on any atom is 0.268 e. The number of anilines is 1. The van der Waals surface area contributed by atoms with Crippen molar-refractivity contribution in [1.82, 2.24) is 4.57 Å². The normalized spacial score (nSPS) is 11.4. The lowest BCUT2D eigenvalue weighted by atomic mass is 10.1. The van der Waals surface area contributed by atoms with Gasteiger partial charge in [0.15, 0.2) is 0 Å².